The van der Waals surface area contributed by atoms with Crippen LogP contribution in [-0.2, 0) is 0 Å². The van der Waals surface area contributed by atoms with Gasteiger partial charge >= 0.3 is 0 Å². The molecule has 50 heavy (non-hydrogen) atoms. The average molecular weight is 640 g/mol. The van der Waals surface area contributed by atoms with Crippen LogP contribution in [0.3, 0.4) is 0 Å². The lowest BCUT2D eigenvalue weighted by Gasteiger charge is -2.12. The van der Waals surface area contributed by atoms with Crippen LogP contribution in [-0.4, -0.2) is 14.5 Å². The summed E-state index contributed by atoms with van der Waals surface area (Å²) in [4.78, 5) is 10.1. The Hall–Kier alpha value is -6.58. The molecule has 3 heteroatoms. The van der Waals surface area contributed by atoms with Crippen molar-refractivity contribution in [2.75, 3.05) is 0 Å². The first-order chi connectivity index (χ1) is 24.7. The van der Waals surface area contributed by atoms with Crippen LogP contribution in [0.4, 0.5) is 0 Å². The zero-order chi connectivity index (χ0) is 33.4. The third-order valence-corrected chi connectivity index (χ3v) is 9.51. The van der Waals surface area contributed by atoms with E-state index < -0.39 is 0 Å². The first kappa shape index (κ1) is 29.6. The van der Waals surface area contributed by atoms with Crippen molar-refractivity contribution >= 4 is 21.8 Å². The van der Waals surface area contributed by atoms with Gasteiger partial charge in [-0.1, -0.05) is 151 Å². The van der Waals surface area contributed by atoms with Crippen molar-refractivity contribution in [3.8, 4) is 61.8 Å². The van der Waals surface area contributed by atoms with Gasteiger partial charge in [0.1, 0.15) is 0 Å². The van der Waals surface area contributed by atoms with E-state index in [0.717, 1.165) is 45.2 Å². The molecular formula is C47H33N3. The molecule has 0 N–H and O–H groups in total. The maximum absolute atomic E-state index is 5.08. The van der Waals surface area contributed by atoms with E-state index in [2.05, 4.69) is 187 Å². The molecule has 0 atom stereocenters. The van der Waals surface area contributed by atoms with Gasteiger partial charge in [-0.2, -0.15) is 0 Å². The van der Waals surface area contributed by atoms with Crippen molar-refractivity contribution in [1.29, 1.82) is 0 Å². The molecule has 0 aliphatic rings. The van der Waals surface area contributed by atoms with Gasteiger partial charge in [-0.05, 0) is 65.6 Å². The molecule has 0 saturated heterocycles. The van der Waals surface area contributed by atoms with Crippen molar-refractivity contribution in [2.45, 2.75) is 6.92 Å². The molecule has 0 fully saturated rings. The van der Waals surface area contributed by atoms with Crippen LogP contribution in [0.5, 0.6) is 0 Å². The normalized spacial score (nSPS) is 11.3. The Labute approximate surface area is 291 Å². The number of para-hydroxylation sites is 2. The monoisotopic (exact) mass is 639 g/mol. The van der Waals surface area contributed by atoms with Gasteiger partial charge in [0.15, 0.2) is 5.82 Å². The van der Waals surface area contributed by atoms with Crippen LogP contribution < -0.4 is 0 Å². The molecule has 0 amide bonds. The number of nitrogens with zero attached hydrogens (tertiary/aromatic N) is 3. The Bertz CT molecular complexity index is 2560. The minimum atomic E-state index is 0.720. The van der Waals surface area contributed by atoms with E-state index in [4.69, 9.17) is 9.97 Å². The van der Waals surface area contributed by atoms with Crippen LogP contribution in [0.15, 0.2) is 182 Å². The van der Waals surface area contributed by atoms with Crippen molar-refractivity contribution in [1.82, 2.24) is 14.5 Å². The molecule has 9 aromatic rings. The molecule has 3 nitrogen and oxygen atoms in total. The Morgan fingerprint density at radius 1 is 0.360 bits per heavy atom. The summed E-state index contributed by atoms with van der Waals surface area (Å²) < 4.78 is 2.35. The van der Waals surface area contributed by atoms with Crippen LogP contribution in [0.1, 0.15) is 5.56 Å². The first-order valence-electron chi connectivity index (χ1n) is 17.0. The molecule has 0 saturated carbocycles. The van der Waals surface area contributed by atoms with Gasteiger partial charge in [-0.3, -0.25) is 0 Å². The van der Waals surface area contributed by atoms with E-state index in [1.807, 2.05) is 6.07 Å². The lowest BCUT2D eigenvalue weighted by Crippen LogP contribution is -1.96. The standard InChI is InChI=1S/C47H33N3/c1-32-10-9-13-39(30-32)47-48-43(37-22-18-34(19-23-37)33-11-3-2-4-12-33)31-44(49-47)38-24-20-35(21-25-38)36-26-28-40(29-27-36)50-45-16-7-5-14-41(45)42-15-6-8-17-46(42)50/h2-31H,1H3. The number of fused-ring (bicyclic) bond motifs is 3. The zero-order valence-corrected chi connectivity index (χ0v) is 27.7. The van der Waals surface area contributed by atoms with E-state index in [1.54, 1.807) is 0 Å². The molecule has 0 aliphatic carbocycles. The van der Waals surface area contributed by atoms with Gasteiger partial charge in [0.05, 0.1) is 22.4 Å². The largest absolute Gasteiger partial charge is 0.309 e. The fourth-order valence-electron chi connectivity index (χ4n) is 6.96. The highest BCUT2D eigenvalue weighted by Crippen LogP contribution is 2.34. The van der Waals surface area contributed by atoms with Gasteiger partial charge < -0.3 is 4.57 Å². The van der Waals surface area contributed by atoms with Crippen LogP contribution in [0, 0.1) is 6.92 Å². The minimum absolute atomic E-state index is 0.720. The summed E-state index contributed by atoms with van der Waals surface area (Å²) >= 11 is 0. The third-order valence-electron chi connectivity index (χ3n) is 9.51. The van der Waals surface area contributed by atoms with Crippen molar-refractivity contribution in [3.63, 3.8) is 0 Å². The van der Waals surface area contributed by atoms with E-state index in [1.165, 1.54) is 44.1 Å². The second-order valence-electron chi connectivity index (χ2n) is 12.8. The van der Waals surface area contributed by atoms with E-state index in [9.17, 15) is 0 Å². The summed E-state index contributed by atoms with van der Waals surface area (Å²) in [5, 5.41) is 2.54. The molecular weight excluding hydrogens is 607 g/mol. The molecule has 9 rings (SSSR count). The molecule has 0 spiro atoms. The summed E-state index contributed by atoms with van der Waals surface area (Å²) in [5.41, 5.74) is 14.4. The summed E-state index contributed by atoms with van der Waals surface area (Å²) in [6.45, 7) is 2.10. The number of rotatable bonds is 6. The van der Waals surface area contributed by atoms with Gasteiger partial charge in [0.25, 0.3) is 0 Å². The Morgan fingerprint density at radius 2 is 0.800 bits per heavy atom. The summed E-state index contributed by atoms with van der Waals surface area (Å²) in [6.07, 6.45) is 0. The van der Waals surface area contributed by atoms with Gasteiger partial charge in [-0.25, -0.2) is 9.97 Å². The number of benzene rings is 7. The van der Waals surface area contributed by atoms with Crippen molar-refractivity contribution in [2.24, 2.45) is 0 Å². The molecule has 2 heterocycles. The summed E-state index contributed by atoms with van der Waals surface area (Å²) in [7, 11) is 0. The number of aromatic nitrogens is 3. The number of aryl methyl sites for hydroxylation is 1. The molecule has 0 radical (unpaired) electrons. The predicted molar refractivity (Wildman–Crippen MR) is 208 cm³/mol. The van der Waals surface area contributed by atoms with Crippen LogP contribution in [0.2, 0.25) is 0 Å². The molecule has 0 unspecified atom stereocenters. The van der Waals surface area contributed by atoms with E-state index in [-0.39, 0.29) is 0 Å². The van der Waals surface area contributed by atoms with E-state index in [0.29, 0.717) is 0 Å². The average Bonchev–Trinajstić information content (AvgIpc) is 3.53. The number of hydrogen-bond donors (Lipinski definition) is 0. The highest BCUT2D eigenvalue weighted by molar-refractivity contribution is 6.09. The molecule has 236 valence electrons. The Morgan fingerprint density at radius 3 is 1.34 bits per heavy atom. The minimum Gasteiger partial charge on any atom is -0.309 e. The zero-order valence-electron chi connectivity index (χ0n) is 27.7. The maximum atomic E-state index is 5.08. The fourth-order valence-corrected chi connectivity index (χ4v) is 6.96. The quantitative estimate of drug-likeness (QED) is 0.181. The second kappa shape index (κ2) is 12.5. The molecule has 0 bridgehead atoms. The van der Waals surface area contributed by atoms with Crippen molar-refractivity contribution in [3.05, 3.63) is 188 Å². The number of hydrogen-bond acceptors (Lipinski definition) is 2. The highest BCUT2D eigenvalue weighted by atomic mass is 15.0. The first-order valence-corrected chi connectivity index (χ1v) is 17.0. The molecule has 7 aromatic carbocycles. The summed E-state index contributed by atoms with van der Waals surface area (Å²) in [5.74, 6) is 0.720. The fraction of sp³-hybridized carbons (Fsp3) is 0.0213. The maximum Gasteiger partial charge on any atom is 0.160 e. The Kier molecular flexibility index (Phi) is 7.37. The predicted octanol–water partition coefficient (Wildman–Crippen LogP) is 12.2. The van der Waals surface area contributed by atoms with Crippen LogP contribution >= 0.6 is 0 Å². The van der Waals surface area contributed by atoms with Crippen molar-refractivity contribution < 1.29 is 0 Å². The lowest BCUT2D eigenvalue weighted by atomic mass is 10.00. The topological polar surface area (TPSA) is 30.7 Å². The smallest absolute Gasteiger partial charge is 0.160 e. The second-order valence-corrected chi connectivity index (χ2v) is 12.8. The van der Waals surface area contributed by atoms with E-state index >= 15 is 0 Å². The molecule has 2 aromatic heterocycles. The third kappa shape index (κ3) is 5.45. The lowest BCUT2D eigenvalue weighted by molar-refractivity contribution is 1.18. The molecule has 0 aliphatic heterocycles. The van der Waals surface area contributed by atoms with Crippen LogP contribution in [0.25, 0.3) is 83.6 Å². The van der Waals surface area contributed by atoms with Gasteiger partial charge in [0, 0.05) is 33.2 Å². The Balaban J connectivity index is 1.06. The van der Waals surface area contributed by atoms with Gasteiger partial charge in [-0.15, -0.1) is 0 Å². The highest BCUT2D eigenvalue weighted by Gasteiger charge is 2.13. The SMILES string of the molecule is Cc1cccc(-c2nc(-c3ccc(-c4ccccc4)cc3)cc(-c3ccc(-c4ccc(-n5c6ccccc6c6ccccc65)cc4)cc3)n2)c1. The summed E-state index contributed by atoms with van der Waals surface area (Å²) in [6, 6.07) is 64.4. The van der Waals surface area contributed by atoms with Gasteiger partial charge in [0.2, 0.25) is 0 Å².